The molecule has 0 aliphatic carbocycles. The van der Waals surface area contributed by atoms with Gasteiger partial charge in [-0.2, -0.15) is 0 Å². The molecule has 0 bridgehead atoms. The van der Waals surface area contributed by atoms with Gasteiger partial charge in [0.15, 0.2) is 0 Å². The summed E-state index contributed by atoms with van der Waals surface area (Å²) in [7, 11) is 0. The molecule has 144 valence electrons. The molecule has 1 aromatic carbocycles. The van der Waals surface area contributed by atoms with Crippen LogP contribution in [0.3, 0.4) is 0 Å². The summed E-state index contributed by atoms with van der Waals surface area (Å²) in [6, 6.07) is 11.7. The van der Waals surface area contributed by atoms with Crippen molar-refractivity contribution < 1.29 is 13.9 Å². The number of amides is 1. The molecule has 1 fully saturated rings. The lowest BCUT2D eigenvalue weighted by Crippen LogP contribution is -2.37. The zero-order valence-corrected chi connectivity index (χ0v) is 16.0. The minimum atomic E-state index is -0.347. The molecule has 4 nitrogen and oxygen atoms in total. The molecule has 2 aromatic rings. The van der Waals surface area contributed by atoms with E-state index >= 15 is 0 Å². The van der Waals surface area contributed by atoms with E-state index in [0.29, 0.717) is 18.8 Å². The largest absolute Gasteiger partial charge is 0.493 e. The molecule has 1 aliphatic heterocycles. The Morgan fingerprint density at radius 2 is 2.04 bits per heavy atom. The number of benzene rings is 1. The number of pyridine rings is 1. The fraction of sp³-hybridized carbons (Fsp3) is 0.304. The second-order valence-electron chi connectivity index (χ2n) is 6.67. The van der Waals surface area contributed by atoms with Gasteiger partial charge in [-0.1, -0.05) is 23.6 Å². The third kappa shape index (κ3) is 5.95. The maximum Gasteiger partial charge on any atom is 0.226 e. The van der Waals surface area contributed by atoms with E-state index in [4.69, 9.17) is 4.74 Å². The SMILES string of the molecule is Cc1cccc(C#CC=C2CCN(C(=O)CCOc3cccc(F)c3)CC2)n1. The third-order valence-corrected chi connectivity index (χ3v) is 4.50. The molecule has 3 rings (SSSR count). The minimum Gasteiger partial charge on any atom is -0.493 e. The van der Waals surface area contributed by atoms with Crippen LogP contribution in [0.25, 0.3) is 0 Å². The van der Waals surface area contributed by atoms with Crippen molar-refractivity contribution in [1.29, 1.82) is 0 Å². The van der Waals surface area contributed by atoms with Crippen LogP contribution in [-0.2, 0) is 4.79 Å². The van der Waals surface area contributed by atoms with E-state index in [1.165, 1.54) is 17.7 Å². The number of allylic oxidation sites excluding steroid dienone is 1. The molecule has 28 heavy (non-hydrogen) atoms. The lowest BCUT2D eigenvalue weighted by atomic mass is 10.0. The second kappa shape index (κ2) is 9.70. The third-order valence-electron chi connectivity index (χ3n) is 4.50. The van der Waals surface area contributed by atoms with Crippen molar-refractivity contribution in [3.05, 3.63) is 71.3 Å². The van der Waals surface area contributed by atoms with E-state index in [-0.39, 0.29) is 24.8 Å². The van der Waals surface area contributed by atoms with Crippen molar-refractivity contribution in [3.63, 3.8) is 0 Å². The number of aryl methyl sites for hydroxylation is 1. The van der Waals surface area contributed by atoms with Crippen molar-refractivity contribution in [2.45, 2.75) is 26.2 Å². The van der Waals surface area contributed by atoms with Gasteiger partial charge in [0.25, 0.3) is 0 Å². The molecule has 1 saturated heterocycles. The first kappa shape index (κ1) is 19.6. The highest BCUT2D eigenvalue weighted by Crippen LogP contribution is 2.17. The maximum atomic E-state index is 13.1. The first-order chi connectivity index (χ1) is 13.6. The molecule has 0 atom stereocenters. The zero-order chi connectivity index (χ0) is 19.8. The summed E-state index contributed by atoms with van der Waals surface area (Å²) in [6.45, 7) is 3.57. The van der Waals surface area contributed by atoms with Gasteiger partial charge in [-0.3, -0.25) is 4.79 Å². The zero-order valence-electron chi connectivity index (χ0n) is 16.0. The predicted octanol–water partition coefficient (Wildman–Crippen LogP) is 3.90. The molecular weight excluding hydrogens is 355 g/mol. The van der Waals surface area contributed by atoms with Crippen molar-refractivity contribution >= 4 is 5.91 Å². The molecule has 0 unspecified atom stereocenters. The van der Waals surface area contributed by atoms with Gasteiger partial charge in [0.2, 0.25) is 5.91 Å². The first-order valence-electron chi connectivity index (χ1n) is 9.39. The van der Waals surface area contributed by atoms with Gasteiger partial charge in [0, 0.05) is 24.8 Å². The van der Waals surface area contributed by atoms with Crippen LogP contribution in [0.15, 0.2) is 54.1 Å². The van der Waals surface area contributed by atoms with Crippen molar-refractivity contribution in [2.24, 2.45) is 0 Å². The highest BCUT2D eigenvalue weighted by atomic mass is 19.1. The summed E-state index contributed by atoms with van der Waals surface area (Å²) in [5, 5.41) is 0. The highest BCUT2D eigenvalue weighted by Gasteiger charge is 2.18. The second-order valence-corrected chi connectivity index (χ2v) is 6.67. The van der Waals surface area contributed by atoms with E-state index in [0.717, 1.165) is 24.2 Å². The molecule has 0 radical (unpaired) electrons. The van der Waals surface area contributed by atoms with Crippen molar-refractivity contribution in [3.8, 4) is 17.6 Å². The normalized spacial score (nSPS) is 13.5. The Labute approximate surface area is 165 Å². The Bertz CT molecular complexity index is 917. The van der Waals surface area contributed by atoms with Gasteiger partial charge in [-0.15, -0.1) is 0 Å². The maximum absolute atomic E-state index is 13.1. The summed E-state index contributed by atoms with van der Waals surface area (Å²) < 4.78 is 18.6. The Hall–Kier alpha value is -3.13. The summed E-state index contributed by atoms with van der Waals surface area (Å²) in [4.78, 5) is 18.5. The number of rotatable bonds is 4. The number of halogens is 1. The summed E-state index contributed by atoms with van der Waals surface area (Å²) in [6.07, 6.45) is 3.88. The van der Waals surface area contributed by atoms with E-state index < -0.39 is 0 Å². The van der Waals surface area contributed by atoms with Gasteiger partial charge in [0.05, 0.1) is 13.0 Å². The first-order valence-corrected chi connectivity index (χ1v) is 9.39. The average Bonchev–Trinajstić information content (AvgIpc) is 2.69. The fourth-order valence-electron chi connectivity index (χ4n) is 2.98. The van der Waals surface area contributed by atoms with Crippen LogP contribution < -0.4 is 4.74 Å². The Kier molecular flexibility index (Phi) is 6.80. The standard InChI is InChI=1S/C23H23FN2O2/c1-18-5-2-8-21(25-18)9-3-6-19-11-14-26(15-12-19)23(27)13-16-28-22-10-4-7-20(24)17-22/h2,4-8,10,17H,11-16H2,1H3. The van der Waals surface area contributed by atoms with Gasteiger partial charge in [-0.25, -0.2) is 9.37 Å². The number of piperidine rings is 1. The molecule has 0 saturated carbocycles. The molecular formula is C23H23FN2O2. The lowest BCUT2D eigenvalue weighted by Gasteiger charge is -2.28. The predicted molar refractivity (Wildman–Crippen MR) is 106 cm³/mol. The summed E-state index contributed by atoms with van der Waals surface area (Å²) in [5.74, 6) is 6.28. The Morgan fingerprint density at radius 1 is 1.25 bits per heavy atom. The van der Waals surface area contributed by atoms with Gasteiger partial charge < -0.3 is 9.64 Å². The van der Waals surface area contributed by atoms with Gasteiger partial charge >= 0.3 is 0 Å². The van der Waals surface area contributed by atoms with Gasteiger partial charge in [0.1, 0.15) is 17.3 Å². The van der Waals surface area contributed by atoms with Crippen LogP contribution in [0.5, 0.6) is 5.75 Å². The number of likely N-dealkylation sites (tertiary alicyclic amines) is 1. The quantitative estimate of drug-likeness (QED) is 0.758. The molecule has 1 aromatic heterocycles. The number of aromatic nitrogens is 1. The van der Waals surface area contributed by atoms with Gasteiger partial charge in [-0.05, 0) is 56.0 Å². The van der Waals surface area contributed by atoms with Crippen LogP contribution in [0.2, 0.25) is 0 Å². The lowest BCUT2D eigenvalue weighted by molar-refractivity contribution is -0.132. The van der Waals surface area contributed by atoms with Crippen molar-refractivity contribution in [1.82, 2.24) is 9.88 Å². The number of ether oxygens (including phenoxy) is 1. The number of carbonyl (C=O) groups excluding carboxylic acids is 1. The summed E-state index contributed by atoms with van der Waals surface area (Å²) >= 11 is 0. The van der Waals surface area contributed by atoms with Crippen LogP contribution >= 0.6 is 0 Å². The van der Waals surface area contributed by atoms with E-state index in [1.807, 2.05) is 36.1 Å². The van der Waals surface area contributed by atoms with E-state index in [2.05, 4.69) is 16.8 Å². The molecule has 0 spiro atoms. The smallest absolute Gasteiger partial charge is 0.226 e. The monoisotopic (exact) mass is 378 g/mol. The van der Waals surface area contributed by atoms with Crippen LogP contribution in [0.1, 0.15) is 30.7 Å². The van der Waals surface area contributed by atoms with Crippen LogP contribution in [0.4, 0.5) is 4.39 Å². The molecule has 1 amide bonds. The minimum absolute atomic E-state index is 0.0606. The van der Waals surface area contributed by atoms with Crippen LogP contribution in [0, 0.1) is 24.6 Å². The number of hydrogen-bond donors (Lipinski definition) is 0. The number of hydrogen-bond acceptors (Lipinski definition) is 3. The Morgan fingerprint density at radius 3 is 2.79 bits per heavy atom. The fourth-order valence-corrected chi connectivity index (χ4v) is 2.98. The van der Waals surface area contributed by atoms with Crippen molar-refractivity contribution in [2.75, 3.05) is 19.7 Å². The van der Waals surface area contributed by atoms with E-state index in [1.54, 1.807) is 12.1 Å². The Balaban J connectivity index is 1.42. The van der Waals surface area contributed by atoms with Crippen LogP contribution in [-0.4, -0.2) is 35.5 Å². The highest BCUT2D eigenvalue weighted by molar-refractivity contribution is 5.76. The number of carbonyl (C=O) groups is 1. The molecule has 5 heteroatoms. The average molecular weight is 378 g/mol. The number of nitrogens with zero attached hydrogens (tertiary/aromatic N) is 2. The molecule has 0 N–H and O–H groups in total. The molecule has 1 aliphatic rings. The summed E-state index contributed by atoms with van der Waals surface area (Å²) in [5.41, 5.74) is 2.97. The topological polar surface area (TPSA) is 42.4 Å². The van der Waals surface area contributed by atoms with E-state index in [9.17, 15) is 9.18 Å². The molecule has 2 heterocycles.